The molecule has 0 unspecified atom stereocenters. The average Bonchev–Trinajstić information content (AvgIpc) is 3.11. The van der Waals surface area contributed by atoms with Gasteiger partial charge in [0.05, 0.1) is 12.0 Å². The highest BCUT2D eigenvalue weighted by molar-refractivity contribution is 8.26. The number of amides is 2. The van der Waals surface area contributed by atoms with Crippen LogP contribution in [0.4, 0.5) is 5.69 Å². The molecule has 5 nitrogen and oxygen atoms in total. The maximum absolute atomic E-state index is 12.8. The number of unbranched alkanes of at least 4 members (excludes halogenated alkanes) is 2. The largest absolute Gasteiger partial charge is 0.497 e. The highest BCUT2D eigenvalue weighted by Crippen LogP contribution is 2.33. The molecule has 0 bridgehead atoms. The molecule has 1 heterocycles. The number of ether oxygens (including phenoxy) is 1. The minimum Gasteiger partial charge on any atom is -0.497 e. The predicted molar refractivity (Wildman–Crippen MR) is 144 cm³/mol. The first kappa shape index (κ1) is 24.0. The van der Waals surface area contributed by atoms with Crippen LogP contribution in [0.25, 0.3) is 16.8 Å². The van der Waals surface area contributed by atoms with Crippen LogP contribution in [0.5, 0.6) is 5.75 Å². The van der Waals surface area contributed by atoms with Gasteiger partial charge in [0.15, 0.2) is 0 Å². The lowest BCUT2D eigenvalue weighted by Crippen LogP contribution is -2.29. The smallest absolute Gasteiger partial charge is 0.266 e. The van der Waals surface area contributed by atoms with Gasteiger partial charge in [0, 0.05) is 24.0 Å². The van der Waals surface area contributed by atoms with Crippen molar-refractivity contribution in [2.75, 3.05) is 19.0 Å². The predicted octanol–water partition coefficient (Wildman–Crippen LogP) is 6.25. The third-order valence-corrected chi connectivity index (χ3v) is 7.01. The average molecular weight is 491 g/mol. The Bertz CT molecular complexity index is 1230. The highest BCUT2D eigenvalue weighted by Gasteiger charge is 2.31. The molecular weight excluding hydrogens is 464 g/mol. The lowest BCUT2D eigenvalue weighted by molar-refractivity contribution is -0.122. The van der Waals surface area contributed by atoms with E-state index in [9.17, 15) is 9.59 Å². The molecule has 0 saturated carbocycles. The molecule has 34 heavy (non-hydrogen) atoms. The van der Waals surface area contributed by atoms with E-state index in [0.29, 0.717) is 22.2 Å². The normalized spacial score (nSPS) is 14.7. The van der Waals surface area contributed by atoms with Crippen LogP contribution in [0.3, 0.4) is 0 Å². The Balaban J connectivity index is 1.22. The van der Waals surface area contributed by atoms with Crippen molar-refractivity contribution in [3.05, 3.63) is 77.2 Å². The highest BCUT2D eigenvalue weighted by atomic mass is 32.2. The first-order chi connectivity index (χ1) is 16.5. The monoisotopic (exact) mass is 490 g/mol. The third-order valence-electron chi connectivity index (χ3n) is 5.64. The van der Waals surface area contributed by atoms with Gasteiger partial charge in [-0.15, -0.1) is 0 Å². The van der Waals surface area contributed by atoms with Crippen molar-refractivity contribution < 1.29 is 14.3 Å². The first-order valence-corrected chi connectivity index (χ1v) is 12.4. The lowest BCUT2D eigenvalue weighted by atomic mass is 10.1. The second-order valence-corrected chi connectivity index (χ2v) is 9.67. The molecule has 1 saturated heterocycles. The summed E-state index contributed by atoms with van der Waals surface area (Å²) in [6.45, 7) is 0.565. The first-order valence-electron chi connectivity index (χ1n) is 11.2. The summed E-state index contributed by atoms with van der Waals surface area (Å²) in [5.74, 6) is 0.722. The Morgan fingerprint density at radius 2 is 1.79 bits per heavy atom. The molecule has 1 aliphatic heterocycles. The third kappa shape index (κ3) is 5.85. The number of rotatable bonds is 9. The van der Waals surface area contributed by atoms with Crippen LogP contribution < -0.4 is 10.1 Å². The van der Waals surface area contributed by atoms with Gasteiger partial charge in [0.25, 0.3) is 5.91 Å². The van der Waals surface area contributed by atoms with Crippen molar-refractivity contribution in [3.63, 3.8) is 0 Å². The van der Waals surface area contributed by atoms with E-state index >= 15 is 0 Å². The van der Waals surface area contributed by atoms with Crippen molar-refractivity contribution in [1.29, 1.82) is 0 Å². The molecule has 0 radical (unpaired) electrons. The molecule has 4 rings (SSSR count). The Morgan fingerprint density at radius 3 is 2.59 bits per heavy atom. The van der Waals surface area contributed by atoms with Crippen molar-refractivity contribution in [1.82, 2.24) is 4.90 Å². The van der Waals surface area contributed by atoms with Gasteiger partial charge < -0.3 is 10.1 Å². The summed E-state index contributed by atoms with van der Waals surface area (Å²) in [4.78, 5) is 27.5. The molecule has 1 aliphatic rings. The number of anilines is 1. The molecule has 3 aromatic rings. The fraction of sp³-hybridized carbons (Fsp3) is 0.222. The Labute approximate surface area is 209 Å². The molecule has 0 aliphatic carbocycles. The summed E-state index contributed by atoms with van der Waals surface area (Å²) in [7, 11) is 1.62. The van der Waals surface area contributed by atoms with E-state index in [1.54, 1.807) is 12.0 Å². The van der Waals surface area contributed by atoms with Crippen LogP contribution in [0.2, 0.25) is 0 Å². The number of thioether (sulfide) groups is 1. The Morgan fingerprint density at radius 1 is 1.03 bits per heavy atom. The van der Waals surface area contributed by atoms with Crippen molar-refractivity contribution in [2.45, 2.75) is 25.7 Å². The molecule has 7 heteroatoms. The van der Waals surface area contributed by atoms with Crippen LogP contribution in [0.15, 0.2) is 71.6 Å². The van der Waals surface area contributed by atoms with Crippen LogP contribution >= 0.6 is 24.0 Å². The molecular formula is C27H26N2O3S2. The quantitative estimate of drug-likeness (QED) is 0.218. The minimum absolute atomic E-state index is 0.00406. The number of fused-ring (bicyclic) bond motifs is 1. The number of nitrogens with one attached hydrogen (secondary N) is 1. The number of hydrogen-bond donors (Lipinski definition) is 1. The van der Waals surface area contributed by atoms with E-state index in [1.165, 1.54) is 11.8 Å². The van der Waals surface area contributed by atoms with Gasteiger partial charge in [-0.2, -0.15) is 0 Å². The number of carbonyl (C=O) groups excluding carboxylic acids is 2. The number of carbonyl (C=O) groups is 2. The molecule has 3 aromatic carbocycles. The van der Waals surface area contributed by atoms with E-state index in [4.69, 9.17) is 17.0 Å². The number of methoxy groups -OCH3 is 1. The summed E-state index contributed by atoms with van der Waals surface area (Å²) in [5, 5.41) is 5.16. The van der Waals surface area contributed by atoms with Crippen molar-refractivity contribution in [2.24, 2.45) is 0 Å². The number of benzene rings is 3. The minimum atomic E-state index is -0.0560. The second-order valence-electron chi connectivity index (χ2n) is 7.99. The lowest BCUT2D eigenvalue weighted by Gasteiger charge is -2.14. The number of hydrogen-bond acceptors (Lipinski definition) is 5. The molecule has 0 spiro atoms. The summed E-state index contributed by atoms with van der Waals surface area (Å²) in [6, 6.07) is 21.5. The fourth-order valence-corrected chi connectivity index (χ4v) is 5.13. The summed E-state index contributed by atoms with van der Waals surface area (Å²) >= 11 is 6.76. The van der Waals surface area contributed by atoms with E-state index in [2.05, 4.69) is 5.32 Å². The van der Waals surface area contributed by atoms with Crippen LogP contribution in [-0.2, 0) is 9.59 Å². The molecule has 2 amide bonds. The van der Waals surface area contributed by atoms with Crippen molar-refractivity contribution >= 4 is 62.7 Å². The van der Waals surface area contributed by atoms with Gasteiger partial charge in [-0.05, 0) is 48.1 Å². The Kier molecular flexibility index (Phi) is 7.98. The van der Waals surface area contributed by atoms with Gasteiger partial charge in [-0.25, -0.2) is 0 Å². The SMILES string of the molecule is COc1ccc(/C=C2\SC(=S)N(CCCCCC(=O)Nc3cccc4ccccc34)C2=O)cc1. The van der Waals surface area contributed by atoms with Gasteiger partial charge in [-0.1, -0.05) is 78.9 Å². The summed E-state index contributed by atoms with van der Waals surface area (Å²) in [5.41, 5.74) is 1.77. The molecule has 0 atom stereocenters. The second kappa shape index (κ2) is 11.3. The van der Waals surface area contributed by atoms with Gasteiger partial charge in [0.1, 0.15) is 10.1 Å². The topological polar surface area (TPSA) is 58.6 Å². The standard InChI is InChI=1S/C27H26N2O3S2/c1-32-21-15-13-19(14-16-21)18-24-26(31)29(27(33)34-24)17-6-2-3-12-25(30)28-23-11-7-9-20-8-4-5-10-22(20)23/h4-5,7-11,13-16,18H,2-3,6,12,17H2,1H3,(H,28,30)/b24-18-. The van der Waals surface area contributed by atoms with Crippen LogP contribution in [0.1, 0.15) is 31.2 Å². The molecule has 174 valence electrons. The number of nitrogens with zero attached hydrogens (tertiary/aromatic N) is 1. The fourth-order valence-electron chi connectivity index (χ4n) is 3.82. The molecule has 0 aromatic heterocycles. The zero-order valence-corrected chi connectivity index (χ0v) is 20.6. The maximum atomic E-state index is 12.8. The molecule has 1 N–H and O–H groups in total. The molecule has 1 fully saturated rings. The zero-order valence-electron chi connectivity index (χ0n) is 19.0. The summed E-state index contributed by atoms with van der Waals surface area (Å²) in [6.07, 6.45) is 4.70. The van der Waals surface area contributed by atoms with E-state index in [0.717, 1.165) is 47.0 Å². The van der Waals surface area contributed by atoms with Crippen LogP contribution in [-0.4, -0.2) is 34.7 Å². The van der Waals surface area contributed by atoms with Gasteiger partial charge in [-0.3, -0.25) is 14.5 Å². The van der Waals surface area contributed by atoms with E-state index in [1.807, 2.05) is 72.8 Å². The summed E-state index contributed by atoms with van der Waals surface area (Å²) < 4.78 is 5.75. The number of thiocarbonyl (C=S) groups is 1. The van der Waals surface area contributed by atoms with Crippen LogP contribution in [0, 0.1) is 0 Å². The van der Waals surface area contributed by atoms with E-state index < -0.39 is 0 Å². The van der Waals surface area contributed by atoms with Gasteiger partial charge in [0.2, 0.25) is 5.91 Å². The van der Waals surface area contributed by atoms with Gasteiger partial charge >= 0.3 is 0 Å². The Hall–Kier alpha value is -3.16. The van der Waals surface area contributed by atoms with E-state index in [-0.39, 0.29) is 11.8 Å². The van der Waals surface area contributed by atoms with Crippen molar-refractivity contribution in [3.8, 4) is 5.75 Å². The zero-order chi connectivity index (χ0) is 23.9. The maximum Gasteiger partial charge on any atom is 0.266 e.